The Morgan fingerprint density at radius 1 is 1.00 bits per heavy atom. The van der Waals surface area contributed by atoms with Gasteiger partial charge < -0.3 is 25.0 Å². The molecule has 5 aliphatic rings. The molecule has 3 aliphatic carbocycles. The van der Waals surface area contributed by atoms with Crippen molar-refractivity contribution in [3.05, 3.63) is 41.4 Å². The Kier molecular flexibility index (Phi) is 12.5. The summed E-state index contributed by atoms with van der Waals surface area (Å²) in [4.78, 5) is 68.0. The topological polar surface area (TPSA) is 191 Å². The number of nitrogens with zero attached hydrogens (tertiary/aromatic N) is 4. The van der Waals surface area contributed by atoms with Crippen LogP contribution in [0, 0.1) is 5.92 Å². The van der Waals surface area contributed by atoms with Crippen molar-refractivity contribution >= 4 is 56.2 Å². The average Bonchev–Trinajstić information content (AvgIpc) is 4.03. The van der Waals surface area contributed by atoms with Crippen LogP contribution in [0.4, 0.5) is 4.79 Å². The number of imidazole rings is 1. The number of hydrogen-bond acceptors (Lipinski definition) is 11. The van der Waals surface area contributed by atoms with E-state index in [0.717, 1.165) is 53.0 Å². The summed E-state index contributed by atoms with van der Waals surface area (Å²) < 4.78 is 42.5. The van der Waals surface area contributed by atoms with Crippen LogP contribution in [0.2, 0.25) is 0 Å². The van der Waals surface area contributed by atoms with Gasteiger partial charge in [-0.15, -0.1) is 11.3 Å². The fourth-order valence-electron chi connectivity index (χ4n) is 9.29. The molecule has 2 aromatic heterocycles. The number of amides is 4. The van der Waals surface area contributed by atoms with Gasteiger partial charge in [-0.3, -0.25) is 23.7 Å². The Bertz CT molecular complexity index is 2320. The maximum atomic E-state index is 14.7. The number of aromatic nitrogens is 3. The van der Waals surface area contributed by atoms with Gasteiger partial charge in [0.05, 0.1) is 23.0 Å². The summed E-state index contributed by atoms with van der Waals surface area (Å²) >= 11 is 1.62. The Hall–Kier alpha value is -4.51. The standard InChI is InChI=1S/C45H61N7O8S2/c1-27(2)52-35-20-14-18-32(39-46-34(26-61-39)28-15-10-9-11-16-28)37(35)48-42(52)59-30-23-36-38(53)49-45(41(55)50-62(57,58)31-21-22-31)24-29(45)17-12-7-6-8-13-19-33(40(54)51(36)25-30)47-43(56)60-44(3,4)5/h12,14,17-18,20,26-31,33,36H,6-11,13,15-16,19,21-25H2,1-5H3,(H,47,56)(H,49,53)(H,50,55)/b17-12-/t29-,30-,33+,36+,45-/m1/s1. The van der Waals surface area contributed by atoms with E-state index >= 15 is 0 Å². The number of carbonyl (C=O) groups excluding carboxylic acids is 4. The number of benzene rings is 1. The lowest BCUT2D eigenvalue weighted by atomic mass is 9.87. The summed E-state index contributed by atoms with van der Waals surface area (Å²) in [5.74, 6) is -1.83. The first-order valence-electron chi connectivity index (χ1n) is 22.5. The molecule has 4 amide bonds. The number of rotatable bonds is 9. The third-order valence-corrected chi connectivity index (χ3v) is 15.5. The summed E-state index contributed by atoms with van der Waals surface area (Å²) in [5, 5.41) is 8.16. The first-order valence-corrected chi connectivity index (χ1v) is 24.9. The van der Waals surface area contributed by atoms with Gasteiger partial charge in [0, 0.05) is 35.2 Å². The van der Waals surface area contributed by atoms with Gasteiger partial charge in [0.1, 0.15) is 39.9 Å². The summed E-state index contributed by atoms with van der Waals surface area (Å²) in [6, 6.07) is 4.19. The molecule has 0 bridgehead atoms. The molecule has 17 heteroatoms. The first kappa shape index (κ1) is 44.1. The Morgan fingerprint density at radius 3 is 2.47 bits per heavy atom. The number of hydrogen-bond donors (Lipinski definition) is 3. The van der Waals surface area contributed by atoms with Crippen molar-refractivity contribution < 1.29 is 37.1 Å². The van der Waals surface area contributed by atoms with Crippen LogP contribution in [-0.4, -0.2) is 92.8 Å². The lowest BCUT2D eigenvalue weighted by Gasteiger charge is -2.30. The minimum Gasteiger partial charge on any atom is -0.459 e. The molecule has 2 aliphatic heterocycles. The molecule has 1 aromatic carbocycles. The van der Waals surface area contributed by atoms with E-state index in [1.54, 1.807) is 32.1 Å². The van der Waals surface area contributed by atoms with Gasteiger partial charge in [-0.05, 0) is 98.1 Å². The second-order valence-corrected chi connectivity index (χ2v) is 22.0. The van der Waals surface area contributed by atoms with Crippen LogP contribution in [0.1, 0.15) is 142 Å². The summed E-state index contributed by atoms with van der Waals surface area (Å²) in [6.07, 6.45) is 12.8. The number of ether oxygens (including phenoxy) is 2. The second kappa shape index (κ2) is 17.6. The first-order chi connectivity index (χ1) is 29.5. The van der Waals surface area contributed by atoms with Gasteiger partial charge >= 0.3 is 6.09 Å². The predicted molar refractivity (Wildman–Crippen MR) is 236 cm³/mol. The molecule has 0 radical (unpaired) electrons. The molecule has 0 spiro atoms. The molecular formula is C45H61N7O8S2. The maximum absolute atomic E-state index is 14.7. The number of nitrogens with one attached hydrogen (secondary N) is 3. The number of fused-ring (bicyclic) bond motifs is 3. The molecule has 1 saturated heterocycles. The summed E-state index contributed by atoms with van der Waals surface area (Å²) in [6.45, 7) is 9.31. The number of sulfonamides is 1. The van der Waals surface area contributed by atoms with Gasteiger partial charge in [0.25, 0.3) is 11.9 Å². The third-order valence-electron chi connectivity index (χ3n) is 12.8. The van der Waals surface area contributed by atoms with E-state index in [1.165, 1.54) is 24.2 Å². The van der Waals surface area contributed by atoms with E-state index in [0.29, 0.717) is 44.0 Å². The fourth-order valence-corrected chi connectivity index (χ4v) is 11.6. The fraction of sp³-hybridized carbons (Fsp3) is 0.644. The van der Waals surface area contributed by atoms with Gasteiger partial charge in [-0.1, -0.05) is 50.3 Å². The zero-order valence-electron chi connectivity index (χ0n) is 36.5. The minimum atomic E-state index is -3.90. The number of alkyl carbamates (subject to hydrolysis) is 1. The van der Waals surface area contributed by atoms with Crippen molar-refractivity contribution in [2.75, 3.05) is 6.54 Å². The van der Waals surface area contributed by atoms with E-state index in [9.17, 15) is 27.6 Å². The smallest absolute Gasteiger partial charge is 0.408 e. The summed E-state index contributed by atoms with van der Waals surface area (Å²) in [7, 11) is -3.90. The highest BCUT2D eigenvalue weighted by molar-refractivity contribution is 7.91. The van der Waals surface area contributed by atoms with E-state index in [4.69, 9.17) is 19.4 Å². The molecule has 4 fully saturated rings. The lowest BCUT2D eigenvalue weighted by molar-refractivity contribution is -0.141. The van der Waals surface area contributed by atoms with Gasteiger partial charge in [0.15, 0.2) is 0 Å². The minimum absolute atomic E-state index is 0.00656. The molecular weight excluding hydrogens is 831 g/mol. The maximum Gasteiger partial charge on any atom is 0.408 e. The average molecular weight is 892 g/mol. The highest BCUT2D eigenvalue weighted by Gasteiger charge is 2.62. The van der Waals surface area contributed by atoms with Crippen LogP contribution < -0.4 is 20.1 Å². The molecule has 3 aromatic rings. The van der Waals surface area contributed by atoms with Crippen molar-refractivity contribution in [2.45, 2.75) is 171 Å². The highest BCUT2D eigenvalue weighted by Crippen LogP contribution is 2.46. The van der Waals surface area contributed by atoms with Crippen LogP contribution in [-0.2, 0) is 29.1 Å². The Labute approximate surface area is 368 Å². The predicted octanol–water partition coefficient (Wildman–Crippen LogP) is 7.03. The molecule has 3 saturated carbocycles. The Morgan fingerprint density at radius 2 is 1.74 bits per heavy atom. The lowest BCUT2D eigenvalue weighted by Crippen LogP contribution is -2.58. The molecule has 8 rings (SSSR count). The zero-order valence-corrected chi connectivity index (χ0v) is 38.1. The largest absolute Gasteiger partial charge is 0.459 e. The summed E-state index contributed by atoms with van der Waals surface area (Å²) in [5.41, 5.74) is 1.33. The molecule has 3 N–H and O–H groups in total. The van der Waals surface area contributed by atoms with Gasteiger partial charge in [-0.25, -0.2) is 18.2 Å². The second-order valence-electron chi connectivity index (χ2n) is 19.1. The zero-order chi connectivity index (χ0) is 44.0. The van der Waals surface area contributed by atoms with Crippen molar-refractivity contribution in [1.82, 2.24) is 34.8 Å². The molecule has 62 heavy (non-hydrogen) atoms. The monoisotopic (exact) mass is 891 g/mol. The number of para-hydroxylation sites is 1. The van der Waals surface area contributed by atoms with Crippen LogP contribution in [0.25, 0.3) is 21.6 Å². The highest BCUT2D eigenvalue weighted by atomic mass is 32.2. The van der Waals surface area contributed by atoms with Crippen molar-refractivity contribution in [2.24, 2.45) is 5.92 Å². The number of allylic oxidation sites excluding steroid dienone is 1. The van der Waals surface area contributed by atoms with Crippen LogP contribution in [0.3, 0.4) is 0 Å². The van der Waals surface area contributed by atoms with E-state index in [2.05, 4.69) is 20.7 Å². The van der Waals surface area contributed by atoms with Gasteiger partial charge in [0.2, 0.25) is 21.8 Å². The number of carbonyl (C=O) groups is 4. The van der Waals surface area contributed by atoms with Crippen molar-refractivity contribution in [3.8, 4) is 16.6 Å². The van der Waals surface area contributed by atoms with E-state index in [-0.39, 0.29) is 25.4 Å². The number of thiazole rings is 1. The molecule has 336 valence electrons. The van der Waals surface area contributed by atoms with Crippen molar-refractivity contribution in [3.63, 3.8) is 0 Å². The van der Waals surface area contributed by atoms with E-state index in [1.807, 2.05) is 48.8 Å². The molecule has 5 atom stereocenters. The van der Waals surface area contributed by atoms with Crippen molar-refractivity contribution in [1.29, 1.82) is 0 Å². The quantitative estimate of drug-likeness (QED) is 0.188. The van der Waals surface area contributed by atoms with Crippen LogP contribution in [0.15, 0.2) is 35.7 Å². The van der Waals surface area contributed by atoms with Gasteiger partial charge in [-0.2, -0.15) is 4.98 Å². The SMILES string of the molecule is CC(C)n1c(O[C@@H]2C[C@H]3C(=O)N[C@]4(C(=O)NS(=O)(=O)C5CC5)C[C@H]4/C=C\CCCCC[C@H](NC(=O)OC(C)(C)C)C(=O)N3C2)nc2c(-c3nc(C4CCCCC4)cs3)cccc21. The normalized spacial score (nSPS) is 27.1. The molecule has 0 unspecified atom stereocenters. The van der Waals surface area contributed by atoms with Crippen LogP contribution in [0.5, 0.6) is 6.01 Å². The molecule has 4 heterocycles. The third kappa shape index (κ3) is 9.53. The van der Waals surface area contributed by atoms with Crippen LogP contribution >= 0.6 is 11.3 Å². The Balaban J connectivity index is 1.11. The van der Waals surface area contributed by atoms with E-state index < -0.39 is 74.3 Å². The molecule has 15 nitrogen and oxygen atoms in total.